The van der Waals surface area contributed by atoms with Crippen LogP contribution in [0.5, 0.6) is 11.5 Å². The highest BCUT2D eigenvalue weighted by Crippen LogP contribution is 2.57. The first-order valence-corrected chi connectivity index (χ1v) is 20.8. The van der Waals surface area contributed by atoms with Gasteiger partial charge < -0.3 is 32.9 Å². The van der Waals surface area contributed by atoms with E-state index in [2.05, 4.69) is 4.98 Å². The summed E-state index contributed by atoms with van der Waals surface area (Å²) in [5.41, 5.74) is -3.20. The van der Waals surface area contributed by atoms with Crippen molar-refractivity contribution >= 4 is 14.4 Å². The zero-order valence-corrected chi connectivity index (χ0v) is 35.7. The number of morpholine rings is 1. The lowest BCUT2D eigenvalue weighted by Crippen LogP contribution is -2.55. The van der Waals surface area contributed by atoms with Crippen LogP contribution in [0.15, 0.2) is 94.6 Å². The number of alkyl halides is 3. The lowest BCUT2D eigenvalue weighted by Gasteiger charge is -2.42. The average molecular weight is 868 g/mol. The standard InChI is InChI=1S/C43H49F3N5O9P/c1-27(2)51(28(3)4)61(58-23-11-22-47)60-36-35-38(49-24-29(5)37(52)48-40(49)54)59-41(36,25-50(35)39(53)43(44,45)46)26-57-42(30-12-9-8-10-13-30,31-14-18-33(55-6)19-15-31)32-16-20-34(56-7)21-17-32/h8-10,12-21,24,27-28,35-36,38H,11,23,25-26H2,1-7H3,(H,48,52,54)/t35-,36+,38-,41-,61?/m1/s1. The molecule has 6 rings (SSSR count). The van der Waals surface area contributed by atoms with Crippen LogP contribution in [-0.4, -0.2) is 95.0 Å². The number of aromatic amines is 1. The number of aromatic nitrogens is 2. The maximum absolute atomic E-state index is 14.7. The smallest absolute Gasteiger partial charge is 0.471 e. The molecule has 0 saturated carbocycles. The van der Waals surface area contributed by atoms with Gasteiger partial charge in [-0.1, -0.05) is 54.6 Å². The Balaban J connectivity index is 1.60. The Morgan fingerprint density at radius 3 is 2.02 bits per heavy atom. The predicted octanol–water partition coefficient (Wildman–Crippen LogP) is 6.57. The summed E-state index contributed by atoms with van der Waals surface area (Å²) in [6.07, 6.45) is -7.22. The first kappa shape index (κ1) is 45.4. The Morgan fingerprint density at radius 2 is 1.51 bits per heavy atom. The van der Waals surface area contributed by atoms with Gasteiger partial charge in [0.05, 0.1) is 46.5 Å². The molecule has 3 aromatic carbocycles. The summed E-state index contributed by atoms with van der Waals surface area (Å²) in [5.74, 6) is -1.07. The van der Waals surface area contributed by atoms with Crippen molar-refractivity contribution in [1.82, 2.24) is 19.1 Å². The molecule has 0 aliphatic carbocycles. The number of H-pyrrole nitrogens is 1. The molecule has 3 heterocycles. The van der Waals surface area contributed by atoms with E-state index in [4.69, 9.17) is 28.0 Å². The third-order valence-electron chi connectivity index (χ3n) is 10.8. The van der Waals surface area contributed by atoms with Gasteiger partial charge >= 0.3 is 17.8 Å². The van der Waals surface area contributed by atoms with E-state index >= 15 is 0 Å². The summed E-state index contributed by atoms with van der Waals surface area (Å²) in [7, 11) is 0.894. The molecule has 61 heavy (non-hydrogen) atoms. The molecular weight excluding hydrogens is 818 g/mol. The highest BCUT2D eigenvalue weighted by atomic mass is 31.2. The van der Waals surface area contributed by atoms with Crippen LogP contribution >= 0.6 is 8.53 Å². The Bertz CT molecular complexity index is 2250. The molecule has 1 aromatic heterocycles. The van der Waals surface area contributed by atoms with Gasteiger partial charge in [-0.05, 0) is 75.6 Å². The number of carbonyl (C=O) groups excluding carboxylic acids is 1. The largest absolute Gasteiger partial charge is 0.497 e. The summed E-state index contributed by atoms with van der Waals surface area (Å²) < 4.78 is 85.0. The highest BCUT2D eigenvalue weighted by Gasteiger charge is 2.70. The lowest BCUT2D eigenvalue weighted by molar-refractivity contribution is -0.207. The maximum Gasteiger partial charge on any atom is 0.471 e. The number of nitrogens with one attached hydrogen (secondary N) is 1. The van der Waals surface area contributed by atoms with Gasteiger partial charge in [0.25, 0.3) is 14.1 Å². The minimum Gasteiger partial charge on any atom is -0.497 e. The number of methoxy groups -OCH3 is 2. The van der Waals surface area contributed by atoms with Gasteiger partial charge in [0, 0.05) is 23.8 Å². The van der Waals surface area contributed by atoms with E-state index in [-0.39, 0.29) is 30.7 Å². The number of likely N-dealkylation sites (tertiary alicyclic amines) is 1. The third-order valence-corrected chi connectivity index (χ3v) is 12.9. The summed E-state index contributed by atoms with van der Waals surface area (Å²) in [4.78, 5) is 42.5. The Hall–Kier alpha value is -5.08. The van der Waals surface area contributed by atoms with Crippen LogP contribution in [0.1, 0.15) is 62.6 Å². The van der Waals surface area contributed by atoms with E-state index in [0.717, 1.165) is 4.57 Å². The summed E-state index contributed by atoms with van der Waals surface area (Å²) >= 11 is 0. The van der Waals surface area contributed by atoms with Gasteiger partial charge in [-0.25, -0.2) is 9.46 Å². The Morgan fingerprint density at radius 1 is 0.951 bits per heavy atom. The second-order valence-corrected chi connectivity index (χ2v) is 16.7. The highest BCUT2D eigenvalue weighted by molar-refractivity contribution is 7.44. The molecule has 18 heteroatoms. The van der Waals surface area contributed by atoms with Crippen LogP contribution in [-0.2, 0) is 28.9 Å². The van der Waals surface area contributed by atoms with Crippen molar-refractivity contribution in [1.29, 1.82) is 5.26 Å². The second kappa shape index (κ2) is 18.5. The maximum atomic E-state index is 14.7. The van der Waals surface area contributed by atoms with Crippen molar-refractivity contribution < 1.29 is 46.0 Å². The zero-order valence-electron chi connectivity index (χ0n) is 34.8. The number of hydrogen-bond acceptors (Lipinski definition) is 11. The number of nitrogens with zero attached hydrogens (tertiary/aromatic N) is 4. The molecule has 2 fully saturated rings. The van der Waals surface area contributed by atoms with E-state index in [0.29, 0.717) is 33.1 Å². The molecule has 5 atom stereocenters. The van der Waals surface area contributed by atoms with Crippen LogP contribution in [0.2, 0.25) is 0 Å². The molecular formula is C43H49F3N5O9P. The number of nitriles is 1. The van der Waals surface area contributed by atoms with Crippen LogP contribution in [0.25, 0.3) is 0 Å². The SMILES string of the molecule is COc1ccc(C(OC[C@@]23CN(C(=O)C(F)(F)F)[C@@H]([C@H](n4cc(C)c(=O)[nH]c4=O)O2)[C@@H]3OP(OCCC#N)N(C(C)C)C(C)C)(c2ccccc2)c2ccc(OC)cc2)cc1. The van der Waals surface area contributed by atoms with Gasteiger partial charge in [-0.15, -0.1) is 0 Å². The van der Waals surface area contributed by atoms with Crippen molar-refractivity contribution in [2.45, 2.75) is 88.9 Å². The number of aryl methyl sites for hydroxylation is 1. The number of benzene rings is 3. The molecule has 2 saturated heterocycles. The Kier molecular flexibility index (Phi) is 13.8. The normalized spacial score (nSPS) is 20.7. The van der Waals surface area contributed by atoms with Crippen LogP contribution < -0.4 is 20.7 Å². The van der Waals surface area contributed by atoms with Crippen molar-refractivity contribution in [3.8, 4) is 17.6 Å². The van der Waals surface area contributed by atoms with Crippen molar-refractivity contribution in [2.24, 2.45) is 0 Å². The molecule has 2 bridgehead atoms. The monoisotopic (exact) mass is 867 g/mol. The van der Waals surface area contributed by atoms with E-state index in [9.17, 15) is 32.8 Å². The van der Waals surface area contributed by atoms with Crippen LogP contribution in [0, 0.1) is 18.3 Å². The van der Waals surface area contributed by atoms with Crippen molar-refractivity contribution in [3.05, 3.63) is 128 Å². The molecule has 0 radical (unpaired) electrons. The predicted molar refractivity (Wildman–Crippen MR) is 219 cm³/mol. The Labute approximate surface area is 352 Å². The fraction of sp³-hybridized carbons (Fsp3) is 0.442. The molecule has 0 spiro atoms. The van der Waals surface area contributed by atoms with Crippen LogP contribution in [0.3, 0.4) is 0 Å². The van der Waals surface area contributed by atoms with Crippen molar-refractivity contribution in [2.75, 3.05) is 34.0 Å². The molecule has 1 N–H and O–H groups in total. The van der Waals surface area contributed by atoms with Gasteiger partial charge in [0.15, 0.2) is 6.23 Å². The molecule has 2 aliphatic rings. The van der Waals surface area contributed by atoms with E-state index in [1.54, 1.807) is 24.3 Å². The number of rotatable bonds is 17. The zero-order chi connectivity index (χ0) is 44.3. The average Bonchev–Trinajstić information content (AvgIpc) is 3.70. The quantitative estimate of drug-likeness (QED) is 0.0696. The van der Waals surface area contributed by atoms with E-state index in [1.165, 1.54) is 27.3 Å². The first-order chi connectivity index (χ1) is 29.0. The summed E-state index contributed by atoms with van der Waals surface area (Å²) in [5, 5.41) is 9.41. The van der Waals surface area contributed by atoms with E-state index in [1.807, 2.05) is 93.0 Å². The molecule has 2 aliphatic heterocycles. The van der Waals surface area contributed by atoms with Crippen LogP contribution in [0.4, 0.5) is 13.2 Å². The molecule has 1 unspecified atom stereocenters. The number of halogens is 3. The number of hydrogen-bond donors (Lipinski definition) is 1. The fourth-order valence-electron chi connectivity index (χ4n) is 8.06. The van der Waals surface area contributed by atoms with Crippen molar-refractivity contribution in [3.63, 3.8) is 0 Å². The molecule has 326 valence electrons. The number of amides is 1. The minimum absolute atomic E-state index is 0.0122. The second-order valence-electron chi connectivity index (χ2n) is 15.3. The molecule has 1 amide bonds. The van der Waals surface area contributed by atoms with E-state index < -0.39 is 74.6 Å². The van der Waals surface area contributed by atoms with Gasteiger partial charge in [0.1, 0.15) is 34.8 Å². The first-order valence-electron chi connectivity index (χ1n) is 19.6. The van der Waals surface area contributed by atoms with Gasteiger partial charge in [-0.2, -0.15) is 18.4 Å². The molecule has 14 nitrogen and oxygen atoms in total. The number of fused-ring (bicyclic) bond motifs is 2. The van der Waals surface area contributed by atoms with Gasteiger partial charge in [-0.3, -0.25) is 19.1 Å². The number of ether oxygens (including phenoxy) is 4. The lowest BCUT2D eigenvalue weighted by atomic mass is 9.79. The summed E-state index contributed by atoms with van der Waals surface area (Å²) in [6.45, 7) is 7.76. The fourth-order valence-corrected chi connectivity index (χ4v) is 9.88. The minimum atomic E-state index is -5.34. The number of carbonyl (C=O) groups is 1. The topological polar surface area (TPSA) is 158 Å². The molecule has 4 aromatic rings. The summed E-state index contributed by atoms with van der Waals surface area (Å²) in [6, 6.07) is 23.4. The third kappa shape index (κ3) is 8.97. The van der Waals surface area contributed by atoms with Gasteiger partial charge in [0.2, 0.25) is 0 Å².